The summed E-state index contributed by atoms with van der Waals surface area (Å²) in [6, 6.07) is 9.21. The van der Waals surface area contributed by atoms with Crippen molar-refractivity contribution in [1.29, 1.82) is 0 Å². The maximum absolute atomic E-state index is 12.4. The predicted octanol–water partition coefficient (Wildman–Crippen LogP) is 3.51. The summed E-state index contributed by atoms with van der Waals surface area (Å²) in [6.07, 6.45) is 1.71. The third-order valence-corrected chi connectivity index (χ3v) is 6.02. The van der Waals surface area contributed by atoms with Crippen LogP contribution in [0.25, 0.3) is 4.96 Å². The fourth-order valence-electron chi connectivity index (χ4n) is 2.87. The largest absolute Gasteiger partial charge is 0.497 e. The van der Waals surface area contributed by atoms with Crippen LogP contribution in [-0.2, 0) is 10.5 Å². The van der Waals surface area contributed by atoms with E-state index < -0.39 is 0 Å². The van der Waals surface area contributed by atoms with Crippen LogP contribution in [0.15, 0.2) is 46.7 Å². The normalized spacial score (nSPS) is 12.3. The summed E-state index contributed by atoms with van der Waals surface area (Å²) in [5.74, 6) is 1.84. The first kappa shape index (κ1) is 20.4. The molecule has 1 amide bonds. The van der Waals surface area contributed by atoms with Crippen molar-refractivity contribution >= 4 is 34.0 Å². The molecule has 2 aromatic heterocycles. The lowest BCUT2D eigenvalue weighted by atomic mass is 9.96. The Morgan fingerprint density at radius 1 is 1.32 bits per heavy atom. The van der Waals surface area contributed by atoms with Crippen molar-refractivity contribution in [1.82, 2.24) is 14.7 Å². The Labute approximate surface area is 172 Å². The van der Waals surface area contributed by atoms with Crippen molar-refractivity contribution in [3.63, 3.8) is 0 Å². The smallest absolute Gasteiger partial charge is 0.258 e. The molecule has 0 spiro atoms. The second kappa shape index (κ2) is 9.25. The number of nitrogens with zero attached hydrogens (tertiary/aromatic N) is 2. The Morgan fingerprint density at radius 2 is 2.07 bits per heavy atom. The minimum atomic E-state index is -0.0920. The van der Waals surface area contributed by atoms with E-state index in [0.717, 1.165) is 11.3 Å². The maximum Gasteiger partial charge on any atom is 0.258 e. The second-order valence-electron chi connectivity index (χ2n) is 6.70. The van der Waals surface area contributed by atoms with Gasteiger partial charge in [-0.3, -0.25) is 14.0 Å². The summed E-state index contributed by atoms with van der Waals surface area (Å²) < 4.78 is 6.72. The summed E-state index contributed by atoms with van der Waals surface area (Å²) in [4.78, 5) is 29.6. The lowest BCUT2D eigenvalue weighted by Crippen LogP contribution is -2.33. The molecule has 0 aliphatic carbocycles. The minimum absolute atomic E-state index is 0.0339. The molecule has 3 rings (SSSR count). The second-order valence-corrected chi connectivity index (χ2v) is 8.56. The van der Waals surface area contributed by atoms with E-state index >= 15 is 0 Å². The Bertz CT molecular complexity index is 996. The number of ether oxygens (including phenoxy) is 1. The molecule has 0 radical (unpaired) electrons. The SMILES string of the molecule is COc1ccc(C(NC(=O)CSCc2cc(=O)n3ccsc3n2)C(C)C)cc1. The number of hydrogen-bond donors (Lipinski definition) is 1. The fraction of sp³-hybridized carbons (Fsp3) is 0.350. The first-order valence-electron chi connectivity index (χ1n) is 8.94. The van der Waals surface area contributed by atoms with Crippen LogP contribution in [-0.4, -0.2) is 28.2 Å². The number of thioether (sulfide) groups is 1. The van der Waals surface area contributed by atoms with Gasteiger partial charge in [0, 0.05) is 23.4 Å². The van der Waals surface area contributed by atoms with Gasteiger partial charge >= 0.3 is 0 Å². The minimum Gasteiger partial charge on any atom is -0.497 e. The van der Waals surface area contributed by atoms with Crippen molar-refractivity contribution in [2.75, 3.05) is 12.9 Å². The van der Waals surface area contributed by atoms with Gasteiger partial charge in [-0.05, 0) is 23.6 Å². The van der Waals surface area contributed by atoms with E-state index in [1.165, 1.54) is 33.6 Å². The Hall–Kier alpha value is -2.32. The molecule has 0 saturated heterocycles. The highest BCUT2D eigenvalue weighted by atomic mass is 32.2. The maximum atomic E-state index is 12.4. The van der Waals surface area contributed by atoms with E-state index in [-0.39, 0.29) is 23.4 Å². The lowest BCUT2D eigenvalue weighted by Gasteiger charge is -2.23. The molecule has 2 heterocycles. The van der Waals surface area contributed by atoms with Crippen LogP contribution < -0.4 is 15.6 Å². The molecule has 1 atom stereocenters. The summed E-state index contributed by atoms with van der Waals surface area (Å²) in [7, 11) is 1.63. The zero-order valence-electron chi connectivity index (χ0n) is 16.0. The van der Waals surface area contributed by atoms with Gasteiger partial charge in [0.2, 0.25) is 5.91 Å². The third kappa shape index (κ3) is 4.94. The monoisotopic (exact) mass is 417 g/mol. The number of rotatable bonds is 8. The molecule has 0 bridgehead atoms. The van der Waals surface area contributed by atoms with Crippen LogP contribution in [0, 0.1) is 5.92 Å². The molecule has 28 heavy (non-hydrogen) atoms. The van der Waals surface area contributed by atoms with Crippen LogP contribution >= 0.6 is 23.1 Å². The number of amides is 1. The molecule has 0 saturated carbocycles. The van der Waals surface area contributed by atoms with Gasteiger partial charge in [0.1, 0.15) is 5.75 Å². The summed E-state index contributed by atoms with van der Waals surface area (Å²) >= 11 is 2.87. The van der Waals surface area contributed by atoms with Crippen molar-refractivity contribution < 1.29 is 9.53 Å². The molecular formula is C20H23N3O3S2. The van der Waals surface area contributed by atoms with Crippen molar-refractivity contribution in [2.45, 2.75) is 25.6 Å². The van der Waals surface area contributed by atoms with Crippen LogP contribution in [0.1, 0.15) is 31.1 Å². The zero-order valence-corrected chi connectivity index (χ0v) is 17.7. The van der Waals surface area contributed by atoms with Crippen molar-refractivity contribution in [2.24, 2.45) is 5.92 Å². The number of aromatic nitrogens is 2. The number of methoxy groups -OCH3 is 1. The lowest BCUT2D eigenvalue weighted by molar-refractivity contribution is -0.119. The van der Waals surface area contributed by atoms with E-state index in [2.05, 4.69) is 24.1 Å². The van der Waals surface area contributed by atoms with Gasteiger partial charge in [-0.1, -0.05) is 26.0 Å². The molecule has 3 aromatic rings. The predicted molar refractivity (Wildman–Crippen MR) is 114 cm³/mol. The quantitative estimate of drug-likeness (QED) is 0.607. The molecule has 0 aliphatic rings. The number of carbonyl (C=O) groups is 1. The van der Waals surface area contributed by atoms with E-state index in [1.807, 2.05) is 29.6 Å². The van der Waals surface area contributed by atoms with Gasteiger partial charge in [-0.2, -0.15) is 0 Å². The van der Waals surface area contributed by atoms with E-state index in [9.17, 15) is 9.59 Å². The van der Waals surface area contributed by atoms with E-state index in [0.29, 0.717) is 22.2 Å². The highest BCUT2D eigenvalue weighted by Crippen LogP contribution is 2.24. The van der Waals surface area contributed by atoms with Crippen LogP contribution in [0.3, 0.4) is 0 Å². The summed E-state index contributed by atoms with van der Waals surface area (Å²) in [5, 5.41) is 4.94. The fourth-order valence-corrected chi connectivity index (χ4v) is 4.34. The molecule has 8 heteroatoms. The number of nitrogens with one attached hydrogen (secondary N) is 1. The van der Waals surface area contributed by atoms with Gasteiger partial charge < -0.3 is 10.1 Å². The molecular weight excluding hydrogens is 394 g/mol. The molecule has 148 valence electrons. The van der Waals surface area contributed by atoms with Crippen molar-refractivity contribution in [3.8, 4) is 5.75 Å². The number of fused-ring (bicyclic) bond motifs is 1. The highest BCUT2D eigenvalue weighted by Gasteiger charge is 2.18. The average molecular weight is 418 g/mol. The number of thiazole rings is 1. The van der Waals surface area contributed by atoms with Crippen LogP contribution in [0.5, 0.6) is 5.75 Å². The van der Waals surface area contributed by atoms with E-state index in [4.69, 9.17) is 4.74 Å². The Kier molecular flexibility index (Phi) is 6.74. The first-order valence-corrected chi connectivity index (χ1v) is 11.0. The zero-order chi connectivity index (χ0) is 20.1. The molecule has 0 aliphatic heterocycles. The average Bonchev–Trinajstić information content (AvgIpc) is 3.15. The molecule has 1 unspecified atom stereocenters. The number of benzene rings is 1. The standard InChI is InChI=1S/C20H23N3O3S2/c1-13(2)19(14-4-6-16(26-3)7-5-14)22-17(24)12-27-11-15-10-18(25)23-8-9-28-20(23)21-15/h4-10,13,19H,11-12H2,1-3H3,(H,22,24). The molecule has 0 fully saturated rings. The van der Waals surface area contributed by atoms with Gasteiger partial charge in [-0.25, -0.2) is 4.98 Å². The highest BCUT2D eigenvalue weighted by molar-refractivity contribution is 7.99. The van der Waals surface area contributed by atoms with E-state index in [1.54, 1.807) is 13.3 Å². The van der Waals surface area contributed by atoms with Crippen LogP contribution in [0.4, 0.5) is 0 Å². The topological polar surface area (TPSA) is 72.7 Å². The van der Waals surface area contributed by atoms with Gasteiger partial charge in [0.25, 0.3) is 5.56 Å². The molecule has 1 N–H and O–H groups in total. The van der Waals surface area contributed by atoms with Gasteiger partial charge in [0.15, 0.2) is 4.96 Å². The van der Waals surface area contributed by atoms with Crippen molar-refractivity contribution in [3.05, 3.63) is 63.5 Å². The Morgan fingerprint density at radius 3 is 2.75 bits per heavy atom. The number of hydrogen-bond acceptors (Lipinski definition) is 6. The third-order valence-electron chi connectivity index (χ3n) is 4.30. The molecule has 1 aromatic carbocycles. The number of carbonyl (C=O) groups excluding carboxylic acids is 1. The van der Waals surface area contributed by atoms with Crippen LogP contribution in [0.2, 0.25) is 0 Å². The molecule has 6 nitrogen and oxygen atoms in total. The van der Waals surface area contributed by atoms with Gasteiger partial charge in [-0.15, -0.1) is 23.1 Å². The Balaban J connectivity index is 1.57. The first-order chi connectivity index (χ1) is 13.5. The summed E-state index contributed by atoms with van der Waals surface area (Å²) in [5.41, 5.74) is 1.65. The van der Waals surface area contributed by atoms with Gasteiger partial charge in [0.05, 0.1) is 24.6 Å². The summed E-state index contributed by atoms with van der Waals surface area (Å²) in [6.45, 7) is 4.16.